The fourth-order valence-electron chi connectivity index (χ4n) is 1.87. The van der Waals surface area contributed by atoms with Gasteiger partial charge in [0.15, 0.2) is 6.61 Å². The summed E-state index contributed by atoms with van der Waals surface area (Å²) in [6.07, 6.45) is 1.87. The van der Waals surface area contributed by atoms with Crippen LogP contribution < -0.4 is 9.47 Å². The van der Waals surface area contributed by atoms with Crippen LogP contribution in [0.4, 0.5) is 0 Å². The minimum atomic E-state index is -0.972. The standard InChI is InChI=1S/C13H16O4/c1-13(2)6-5-9-7-10(16-8-12(14)15)3-4-11(9)17-13/h3-4,7H,5-6,8H2,1-2H3,(H,14,15). The summed E-state index contributed by atoms with van der Waals surface area (Å²) in [6.45, 7) is 3.81. The van der Waals surface area contributed by atoms with Gasteiger partial charge in [-0.1, -0.05) is 0 Å². The Hall–Kier alpha value is -1.71. The third kappa shape index (κ3) is 2.90. The molecule has 0 fully saturated rings. The highest BCUT2D eigenvalue weighted by molar-refractivity contribution is 5.68. The lowest BCUT2D eigenvalue weighted by Crippen LogP contribution is -2.32. The van der Waals surface area contributed by atoms with Gasteiger partial charge in [0, 0.05) is 0 Å². The second kappa shape index (κ2) is 4.28. The summed E-state index contributed by atoms with van der Waals surface area (Å²) >= 11 is 0. The molecule has 1 heterocycles. The van der Waals surface area contributed by atoms with Gasteiger partial charge >= 0.3 is 5.97 Å². The zero-order valence-corrected chi connectivity index (χ0v) is 10.0. The highest BCUT2D eigenvalue weighted by atomic mass is 16.5. The highest BCUT2D eigenvalue weighted by Crippen LogP contribution is 2.34. The number of hydrogen-bond donors (Lipinski definition) is 1. The molecular weight excluding hydrogens is 220 g/mol. The lowest BCUT2D eigenvalue weighted by atomic mass is 9.94. The predicted molar refractivity (Wildman–Crippen MR) is 62.6 cm³/mol. The van der Waals surface area contributed by atoms with Crippen LogP contribution in [0.25, 0.3) is 0 Å². The number of carbonyl (C=O) groups is 1. The smallest absolute Gasteiger partial charge is 0.341 e. The first-order valence-electron chi connectivity index (χ1n) is 5.63. The van der Waals surface area contributed by atoms with Crippen molar-refractivity contribution in [3.8, 4) is 11.5 Å². The lowest BCUT2D eigenvalue weighted by Gasteiger charge is -2.32. The molecule has 1 aliphatic rings. The predicted octanol–water partition coefficient (Wildman–Crippen LogP) is 2.25. The number of carboxylic acids is 1. The van der Waals surface area contributed by atoms with Crippen molar-refractivity contribution in [3.05, 3.63) is 23.8 Å². The zero-order chi connectivity index (χ0) is 12.5. The van der Waals surface area contributed by atoms with Crippen molar-refractivity contribution < 1.29 is 19.4 Å². The summed E-state index contributed by atoms with van der Waals surface area (Å²) in [5, 5.41) is 8.53. The third-order valence-corrected chi connectivity index (χ3v) is 2.78. The maximum Gasteiger partial charge on any atom is 0.341 e. The fourth-order valence-corrected chi connectivity index (χ4v) is 1.87. The van der Waals surface area contributed by atoms with Crippen LogP contribution in [0.5, 0.6) is 11.5 Å². The number of benzene rings is 1. The lowest BCUT2D eigenvalue weighted by molar-refractivity contribution is -0.139. The van der Waals surface area contributed by atoms with Gasteiger partial charge in [0.25, 0.3) is 0 Å². The Labute approximate surface area is 100 Å². The number of aryl methyl sites for hydroxylation is 1. The fraction of sp³-hybridized carbons (Fsp3) is 0.462. The molecule has 1 aromatic carbocycles. The number of aliphatic carboxylic acids is 1. The molecule has 0 amide bonds. The summed E-state index contributed by atoms with van der Waals surface area (Å²) < 4.78 is 11.0. The second-order valence-electron chi connectivity index (χ2n) is 4.81. The van der Waals surface area contributed by atoms with Crippen LogP contribution in [-0.4, -0.2) is 23.3 Å². The van der Waals surface area contributed by atoms with Crippen LogP contribution in [0, 0.1) is 0 Å². The van der Waals surface area contributed by atoms with Gasteiger partial charge in [0.1, 0.15) is 17.1 Å². The zero-order valence-electron chi connectivity index (χ0n) is 10.0. The average molecular weight is 236 g/mol. The summed E-state index contributed by atoms with van der Waals surface area (Å²) in [6, 6.07) is 5.43. The summed E-state index contributed by atoms with van der Waals surface area (Å²) in [5.74, 6) is 0.471. The summed E-state index contributed by atoms with van der Waals surface area (Å²) in [4.78, 5) is 10.4. The molecule has 0 aromatic heterocycles. The molecule has 4 nitrogen and oxygen atoms in total. The molecule has 1 aliphatic heterocycles. The highest BCUT2D eigenvalue weighted by Gasteiger charge is 2.26. The molecule has 17 heavy (non-hydrogen) atoms. The first kappa shape index (κ1) is 11.8. The van der Waals surface area contributed by atoms with E-state index in [0.29, 0.717) is 5.75 Å². The van der Waals surface area contributed by atoms with Gasteiger partial charge in [0.2, 0.25) is 0 Å². The minimum Gasteiger partial charge on any atom is -0.488 e. The van der Waals surface area contributed by atoms with Gasteiger partial charge in [-0.2, -0.15) is 0 Å². The van der Waals surface area contributed by atoms with Gasteiger partial charge < -0.3 is 14.6 Å². The molecule has 0 saturated carbocycles. The number of carboxylic acid groups (broad SMARTS) is 1. The Morgan fingerprint density at radius 1 is 1.53 bits per heavy atom. The molecular formula is C13H16O4. The van der Waals surface area contributed by atoms with Crippen LogP contribution in [0.2, 0.25) is 0 Å². The normalized spacial score (nSPS) is 16.8. The Kier molecular flexibility index (Phi) is 2.96. The molecule has 4 heteroatoms. The van der Waals surface area contributed by atoms with Crippen molar-refractivity contribution in [1.29, 1.82) is 0 Å². The largest absolute Gasteiger partial charge is 0.488 e. The second-order valence-corrected chi connectivity index (χ2v) is 4.81. The molecule has 0 unspecified atom stereocenters. The Bertz CT molecular complexity index is 437. The van der Waals surface area contributed by atoms with E-state index in [1.165, 1.54) is 0 Å². The first-order chi connectivity index (χ1) is 7.96. The van der Waals surface area contributed by atoms with E-state index in [0.717, 1.165) is 24.2 Å². The van der Waals surface area contributed by atoms with E-state index in [1.54, 1.807) is 6.07 Å². The summed E-state index contributed by atoms with van der Waals surface area (Å²) in [5.41, 5.74) is 0.948. The van der Waals surface area contributed by atoms with E-state index in [4.69, 9.17) is 14.6 Å². The first-order valence-corrected chi connectivity index (χ1v) is 5.63. The van der Waals surface area contributed by atoms with Crippen LogP contribution in [0.15, 0.2) is 18.2 Å². The average Bonchev–Trinajstić information content (AvgIpc) is 2.25. The van der Waals surface area contributed by atoms with E-state index >= 15 is 0 Å². The number of fused-ring (bicyclic) bond motifs is 1. The van der Waals surface area contributed by atoms with Crippen LogP contribution in [0.3, 0.4) is 0 Å². The van der Waals surface area contributed by atoms with Crippen molar-refractivity contribution in [2.45, 2.75) is 32.3 Å². The van der Waals surface area contributed by atoms with E-state index in [9.17, 15) is 4.79 Å². The molecule has 0 aliphatic carbocycles. The molecule has 0 radical (unpaired) electrons. The number of rotatable bonds is 3. The maximum absolute atomic E-state index is 10.4. The van der Waals surface area contributed by atoms with E-state index in [-0.39, 0.29) is 12.2 Å². The molecule has 92 valence electrons. The quantitative estimate of drug-likeness (QED) is 0.874. The molecule has 0 spiro atoms. The van der Waals surface area contributed by atoms with Gasteiger partial charge in [-0.25, -0.2) is 4.79 Å². The van der Waals surface area contributed by atoms with Gasteiger partial charge in [0.05, 0.1) is 0 Å². The summed E-state index contributed by atoms with van der Waals surface area (Å²) in [7, 11) is 0. The van der Waals surface area contributed by atoms with Gasteiger partial charge in [-0.15, -0.1) is 0 Å². The number of hydrogen-bond acceptors (Lipinski definition) is 3. The SMILES string of the molecule is CC1(C)CCc2cc(OCC(=O)O)ccc2O1. The number of ether oxygens (including phenoxy) is 2. The van der Waals surface area contributed by atoms with E-state index in [2.05, 4.69) is 13.8 Å². The van der Waals surface area contributed by atoms with E-state index < -0.39 is 5.97 Å². The molecule has 0 atom stereocenters. The monoisotopic (exact) mass is 236 g/mol. The third-order valence-electron chi connectivity index (χ3n) is 2.78. The van der Waals surface area contributed by atoms with Crippen molar-refractivity contribution >= 4 is 5.97 Å². The maximum atomic E-state index is 10.4. The van der Waals surface area contributed by atoms with Crippen LogP contribution >= 0.6 is 0 Å². The van der Waals surface area contributed by atoms with E-state index in [1.807, 2.05) is 12.1 Å². The molecule has 2 rings (SSSR count). The molecule has 1 aromatic rings. The van der Waals surface area contributed by atoms with Crippen molar-refractivity contribution in [1.82, 2.24) is 0 Å². The van der Waals surface area contributed by atoms with Gasteiger partial charge in [-0.05, 0) is 50.5 Å². The van der Waals surface area contributed by atoms with Crippen molar-refractivity contribution in [2.75, 3.05) is 6.61 Å². The van der Waals surface area contributed by atoms with Crippen molar-refractivity contribution in [3.63, 3.8) is 0 Å². The van der Waals surface area contributed by atoms with Crippen LogP contribution in [0.1, 0.15) is 25.8 Å². The van der Waals surface area contributed by atoms with Gasteiger partial charge in [-0.3, -0.25) is 0 Å². The van der Waals surface area contributed by atoms with Crippen LogP contribution in [-0.2, 0) is 11.2 Å². The topological polar surface area (TPSA) is 55.8 Å². The molecule has 1 N–H and O–H groups in total. The molecule has 0 saturated heterocycles. The molecule has 0 bridgehead atoms. The Morgan fingerprint density at radius 3 is 3.00 bits per heavy atom. The Balaban J connectivity index is 2.13. The van der Waals surface area contributed by atoms with Crippen molar-refractivity contribution in [2.24, 2.45) is 0 Å². The minimum absolute atomic E-state index is 0.129. The Morgan fingerprint density at radius 2 is 2.29 bits per heavy atom.